The SMILES string of the molecule is CC(C)(C)c1csc(Nc2n[nH]c(N)n2)n1. The molecule has 0 aliphatic rings. The van der Waals surface area contributed by atoms with Crippen molar-refractivity contribution in [2.75, 3.05) is 11.1 Å². The van der Waals surface area contributed by atoms with Gasteiger partial charge in [0, 0.05) is 10.8 Å². The zero-order valence-electron chi connectivity index (χ0n) is 9.40. The number of nitrogens with zero attached hydrogens (tertiary/aromatic N) is 3. The Morgan fingerprint density at radius 1 is 1.38 bits per heavy atom. The van der Waals surface area contributed by atoms with Crippen molar-refractivity contribution in [1.29, 1.82) is 0 Å². The summed E-state index contributed by atoms with van der Waals surface area (Å²) in [5.41, 5.74) is 6.52. The Labute approximate surface area is 97.3 Å². The van der Waals surface area contributed by atoms with Crippen LogP contribution in [0.3, 0.4) is 0 Å². The molecule has 0 atom stereocenters. The summed E-state index contributed by atoms with van der Waals surface area (Å²) in [7, 11) is 0. The third kappa shape index (κ3) is 2.30. The first-order chi connectivity index (χ1) is 7.45. The van der Waals surface area contributed by atoms with Crippen molar-refractivity contribution in [3.8, 4) is 0 Å². The maximum absolute atomic E-state index is 5.42. The fourth-order valence-corrected chi connectivity index (χ4v) is 2.03. The molecule has 7 heteroatoms. The molecule has 0 bridgehead atoms. The minimum Gasteiger partial charge on any atom is -0.368 e. The summed E-state index contributed by atoms with van der Waals surface area (Å²) in [5, 5.41) is 12.2. The molecule has 2 aromatic rings. The topological polar surface area (TPSA) is 92.5 Å². The zero-order valence-corrected chi connectivity index (χ0v) is 10.2. The van der Waals surface area contributed by atoms with Crippen LogP contribution in [0.5, 0.6) is 0 Å². The average Bonchev–Trinajstić information content (AvgIpc) is 2.74. The number of nitrogens with two attached hydrogens (primary N) is 1. The summed E-state index contributed by atoms with van der Waals surface area (Å²) in [6.07, 6.45) is 0. The summed E-state index contributed by atoms with van der Waals surface area (Å²) in [6.45, 7) is 6.36. The van der Waals surface area contributed by atoms with Crippen LogP contribution in [0.4, 0.5) is 17.0 Å². The number of nitrogens with one attached hydrogen (secondary N) is 2. The van der Waals surface area contributed by atoms with E-state index >= 15 is 0 Å². The molecule has 2 heterocycles. The number of aromatic nitrogens is 4. The number of H-pyrrole nitrogens is 1. The Bertz CT molecular complexity index is 480. The van der Waals surface area contributed by atoms with Crippen LogP contribution in [0.2, 0.25) is 0 Å². The van der Waals surface area contributed by atoms with Crippen LogP contribution in [0, 0.1) is 0 Å². The number of hydrogen-bond donors (Lipinski definition) is 3. The molecule has 0 aliphatic carbocycles. The molecule has 86 valence electrons. The molecule has 0 aliphatic heterocycles. The molecular weight excluding hydrogens is 224 g/mol. The Hall–Kier alpha value is -1.63. The number of rotatable bonds is 2. The number of aromatic amines is 1. The first-order valence-corrected chi connectivity index (χ1v) is 5.74. The lowest BCUT2D eigenvalue weighted by atomic mass is 9.93. The van der Waals surface area contributed by atoms with Crippen molar-refractivity contribution in [2.24, 2.45) is 0 Å². The lowest BCUT2D eigenvalue weighted by Gasteiger charge is -2.13. The van der Waals surface area contributed by atoms with Crippen LogP contribution in [0.25, 0.3) is 0 Å². The fraction of sp³-hybridized carbons (Fsp3) is 0.444. The van der Waals surface area contributed by atoms with Gasteiger partial charge in [-0.25, -0.2) is 10.1 Å². The first-order valence-electron chi connectivity index (χ1n) is 4.86. The van der Waals surface area contributed by atoms with E-state index in [-0.39, 0.29) is 11.4 Å². The van der Waals surface area contributed by atoms with E-state index in [0.717, 1.165) is 10.8 Å². The molecule has 0 radical (unpaired) electrons. The quantitative estimate of drug-likeness (QED) is 0.743. The molecule has 0 spiro atoms. The van der Waals surface area contributed by atoms with Gasteiger partial charge in [0.25, 0.3) is 0 Å². The van der Waals surface area contributed by atoms with Gasteiger partial charge in [-0.1, -0.05) is 20.8 Å². The van der Waals surface area contributed by atoms with Crippen LogP contribution in [-0.4, -0.2) is 20.2 Å². The Balaban J connectivity index is 2.14. The first kappa shape index (κ1) is 10.9. The molecule has 0 saturated heterocycles. The maximum atomic E-state index is 5.42. The lowest BCUT2D eigenvalue weighted by Crippen LogP contribution is -2.11. The molecule has 2 rings (SSSR count). The van der Waals surface area contributed by atoms with Crippen molar-refractivity contribution >= 4 is 28.4 Å². The second-order valence-electron chi connectivity index (χ2n) is 4.46. The van der Waals surface area contributed by atoms with Crippen molar-refractivity contribution in [3.05, 3.63) is 11.1 Å². The van der Waals surface area contributed by atoms with E-state index in [1.165, 1.54) is 11.3 Å². The molecule has 0 amide bonds. The van der Waals surface area contributed by atoms with Gasteiger partial charge in [0.1, 0.15) is 0 Å². The van der Waals surface area contributed by atoms with Crippen molar-refractivity contribution < 1.29 is 0 Å². The number of anilines is 3. The third-order valence-electron chi connectivity index (χ3n) is 1.99. The van der Waals surface area contributed by atoms with E-state index in [1.807, 2.05) is 5.38 Å². The Morgan fingerprint density at radius 2 is 2.12 bits per heavy atom. The summed E-state index contributed by atoms with van der Waals surface area (Å²) in [6, 6.07) is 0. The molecular formula is C9H14N6S. The van der Waals surface area contributed by atoms with Crippen LogP contribution in [0.15, 0.2) is 5.38 Å². The Morgan fingerprint density at radius 3 is 2.62 bits per heavy atom. The second kappa shape index (κ2) is 3.75. The number of nitrogen functional groups attached to an aromatic ring is 1. The second-order valence-corrected chi connectivity index (χ2v) is 5.32. The normalized spacial score (nSPS) is 11.7. The zero-order chi connectivity index (χ0) is 11.8. The lowest BCUT2D eigenvalue weighted by molar-refractivity contribution is 0.573. The highest BCUT2D eigenvalue weighted by atomic mass is 32.1. The van der Waals surface area contributed by atoms with Crippen LogP contribution < -0.4 is 11.1 Å². The number of thiazole rings is 1. The molecule has 0 aromatic carbocycles. The van der Waals surface area contributed by atoms with Gasteiger partial charge >= 0.3 is 0 Å². The smallest absolute Gasteiger partial charge is 0.249 e. The van der Waals surface area contributed by atoms with Crippen molar-refractivity contribution in [1.82, 2.24) is 20.2 Å². The molecule has 0 fully saturated rings. The van der Waals surface area contributed by atoms with E-state index in [4.69, 9.17) is 5.73 Å². The van der Waals surface area contributed by atoms with E-state index in [2.05, 4.69) is 46.3 Å². The van der Waals surface area contributed by atoms with Gasteiger partial charge < -0.3 is 5.73 Å². The van der Waals surface area contributed by atoms with Crippen LogP contribution in [-0.2, 0) is 5.41 Å². The highest BCUT2D eigenvalue weighted by Crippen LogP contribution is 2.27. The minimum atomic E-state index is 0.0501. The van der Waals surface area contributed by atoms with Gasteiger partial charge in [-0.15, -0.1) is 16.4 Å². The monoisotopic (exact) mass is 238 g/mol. The van der Waals surface area contributed by atoms with Crippen molar-refractivity contribution in [2.45, 2.75) is 26.2 Å². The fourth-order valence-electron chi connectivity index (χ4n) is 1.10. The minimum absolute atomic E-state index is 0.0501. The van der Waals surface area contributed by atoms with Gasteiger partial charge in [0.2, 0.25) is 11.9 Å². The van der Waals surface area contributed by atoms with E-state index in [9.17, 15) is 0 Å². The van der Waals surface area contributed by atoms with Crippen molar-refractivity contribution in [3.63, 3.8) is 0 Å². The molecule has 0 saturated carbocycles. The summed E-state index contributed by atoms with van der Waals surface area (Å²) < 4.78 is 0. The predicted molar refractivity (Wildman–Crippen MR) is 64.9 cm³/mol. The highest BCUT2D eigenvalue weighted by Gasteiger charge is 2.17. The summed E-state index contributed by atoms with van der Waals surface area (Å²) in [4.78, 5) is 8.40. The van der Waals surface area contributed by atoms with E-state index in [0.29, 0.717) is 5.95 Å². The highest BCUT2D eigenvalue weighted by molar-refractivity contribution is 7.13. The van der Waals surface area contributed by atoms with Gasteiger partial charge in [0.05, 0.1) is 5.69 Å². The standard InChI is InChI=1S/C9H14N6S/c1-9(2,3)5-4-16-8(11-5)13-7-12-6(10)14-15-7/h4H,1-3H3,(H4,10,11,12,13,14,15). The molecule has 2 aromatic heterocycles. The van der Waals surface area contributed by atoms with Crippen LogP contribution >= 0.6 is 11.3 Å². The van der Waals surface area contributed by atoms with Gasteiger partial charge in [-0.3, -0.25) is 5.32 Å². The average molecular weight is 238 g/mol. The van der Waals surface area contributed by atoms with Crippen LogP contribution in [0.1, 0.15) is 26.5 Å². The van der Waals surface area contributed by atoms with E-state index < -0.39 is 0 Å². The molecule has 0 unspecified atom stereocenters. The summed E-state index contributed by atoms with van der Waals surface area (Å²) in [5.74, 6) is 0.724. The molecule has 16 heavy (non-hydrogen) atoms. The van der Waals surface area contributed by atoms with E-state index in [1.54, 1.807) is 0 Å². The molecule has 6 nitrogen and oxygen atoms in total. The van der Waals surface area contributed by atoms with Gasteiger partial charge in [-0.2, -0.15) is 4.98 Å². The Kier molecular flexibility index (Phi) is 2.55. The third-order valence-corrected chi connectivity index (χ3v) is 2.75. The predicted octanol–water partition coefficient (Wildman–Crippen LogP) is 1.88. The molecule has 4 N–H and O–H groups in total. The largest absolute Gasteiger partial charge is 0.368 e. The van der Waals surface area contributed by atoms with Gasteiger partial charge in [0.15, 0.2) is 5.13 Å². The maximum Gasteiger partial charge on any atom is 0.249 e. The summed E-state index contributed by atoms with van der Waals surface area (Å²) >= 11 is 1.52. The van der Waals surface area contributed by atoms with Gasteiger partial charge in [-0.05, 0) is 0 Å². The number of hydrogen-bond acceptors (Lipinski definition) is 6.